The van der Waals surface area contributed by atoms with Gasteiger partial charge in [0, 0.05) is 13.1 Å². The summed E-state index contributed by atoms with van der Waals surface area (Å²) in [5.41, 5.74) is 1.27. The van der Waals surface area contributed by atoms with Gasteiger partial charge >= 0.3 is 0 Å². The number of nitrogens with one attached hydrogen (secondary N) is 1. The van der Waals surface area contributed by atoms with E-state index in [9.17, 15) is 0 Å². The zero-order valence-corrected chi connectivity index (χ0v) is 9.89. The molecule has 0 aromatic heterocycles. The fourth-order valence-electron chi connectivity index (χ4n) is 1.85. The fraction of sp³-hybridized carbons (Fsp3) is 0.125. The standard InChI is InChI=1S/C16H17N/c1-2-12-17-13-6-10-15-9-5-8-14-7-3-4-11-16(14)15/h2-11,17H,1,12-13H2. The average Bonchev–Trinajstić information content (AvgIpc) is 2.39. The molecule has 2 aromatic carbocycles. The van der Waals surface area contributed by atoms with Crippen molar-refractivity contribution in [1.82, 2.24) is 5.32 Å². The maximum Gasteiger partial charge on any atom is 0.0141 e. The van der Waals surface area contributed by atoms with Gasteiger partial charge in [-0.1, -0.05) is 60.7 Å². The van der Waals surface area contributed by atoms with Gasteiger partial charge in [-0.2, -0.15) is 0 Å². The van der Waals surface area contributed by atoms with E-state index in [-0.39, 0.29) is 0 Å². The summed E-state index contributed by atoms with van der Waals surface area (Å²) < 4.78 is 0. The largest absolute Gasteiger partial charge is 0.310 e. The Hall–Kier alpha value is -1.86. The summed E-state index contributed by atoms with van der Waals surface area (Å²) in [5, 5.41) is 5.84. The van der Waals surface area contributed by atoms with Gasteiger partial charge in [0.2, 0.25) is 0 Å². The van der Waals surface area contributed by atoms with Gasteiger partial charge in [-0.3, -0.25) is 0 Å². The zero-order valence-electron chi connectivity index (χ0n) is 9.89. The van der Waals surface area contributed by atoms with Crippen molar-refractivity contribution >= 4 is 16.8 Å². The molecule has 0 amide bonds. The Morgan fingerprint density at radius 1 is 1.00 bits per heavy atom. The van der Waals surface area contributed by atoms with Crippen LogP contribution in [0.2, 0.25) is 0 Å². The number of benzene rings is 2. The Kier molecular flexibility index (Phi) is 4.11. The minimum absolute atomic E-state index is 0.847. The molecule has 0 aliphatic carbocycles. The predicted molar refractivity (Wildman–Crippen MR) is 76.0 cm³/mol. The minimum atomic E-state index is 0.847. The molecule has 0 unspecified atom stereocenters. The minimum Gasteiger partial charge on any atom is -0.310 e. The fourth-order valence-corrected chi connectivity index (χ4v) is 1.85. The second-order valence-electron chi connectivity index (χ2n) is 3.92. The Balaban J connectivity index is 2.15. The van der Waals surface area contributed by atoms with Crippen LogP contribution in [-0.4, -0.2) is 13.1 Å². The van der Waals surface area contributed by atoms with Crippen LogP contribution in [0.3, 0.4) is 0 Å². The van der Waals surface area contributed by atoms with E-state index in [1.165, 1.54) is 16.3 Å². The highest BCUT2D eigenvalue weighted by atomic mass is 14.8. The van der Waals surface area contributed by atoms with E-state index in [2.05, 4.69) is 66.5 Å². The van der Waals surface area contributed by atoms with E-state index < -0.39 is 0 Å². The van der Waals surface area contributed by atoms with Crippen molar-refractivity contribution < 1.29 is 0 Å². The Labute approximate surface area is 102 Å². The van der Waals surface area contributed by atoms with E-state index in [1.54, 1.807) is 0 Å². The third-order valence-electron chi connectivity index (χ3n) is 2.67. The van der Waals surface area contributed by atoms with Gasteiger partial charge in [0.15, 0.2) is 0 Å². The zero-order chi connectivity index (χ0) is 11.9. The van der Waals surface area contributed by atoms with E-state index >= 15 is 0 Å². The molecule has 0 radical (unpaired) electrons. The third-order valence-corrected chi connectivity index (χ3v) is 2.67. The molecule has 1 nitrogen and oxygen atoms in total. The van der Waals surface area contributed by atoms with E-state index in [0.29, 0.717) is 0 Å². The van der Waals surface area contributed by atoms with E-state index in [0.717, 1.165) is 13.1 Å². The molecule has 1 N–H and O–H groups in total. The van der Waals surface area contributed by atoms with Gasteiger partial charge in [-0.25, -0.2) is 0 Å². The van der Waals surface area contributed by atoms with Gasteiger partial charge in [-0.05, 0) is 16.3 Å². The van der Waals surface area contributed by atoms with Gasteiger partial charge in [-0.15, -0.1) is 6.58 Å². The summed E-state index contributed by atoms with van der Waals surface area (Å²) in [4.78, 5) is 0. The van der Waals surface area contributed by atoms with Crippen LogP contribution in [0.15, 0.2) is 61.2 Å². The highest BCUT2D eigenvalue weighted by molar-refractivity contribution is 5.90. The van der Waals surface area contributed by atoms with Crippen molar-refractivity contribution in [1.29, 1.82) is 0 Å². The summed E-state index contributed by atoms with van der Waals surface area (Å²) in [6.45, 7) is 5.39. The van der Waals surface area contributed by atoms with Crippen molar-refractivity contribution in [3.8, 4) is 0 Å². The molecule has 0 aliphatic heterocycles. The average molecular weight is 223 g/mol. The maximum atomic E-state index is 3.67. The van der Waals surface area contributed by atoms with Crippen LogP contribution in [-0.2, 0) is 0 Å². The molecule has 0 heterocycles. The second kappa shape index (κ2) is 6.02. The molecule has 0 saturated heterocycles. The van der Waals surface area contributed by atoms with Crippen LogP contribution >= 0.6 is 0 Å². The molecule has 0 spiro atoms. The Morgan fingerprint density at radius 3 is 2.71 bits per heavy atom. The molecular weight excluding hydrogens is 206 g/mol. The van der Waals surface area contributed by atoms with Crippen molar-refractivity contribution in [3.63, 3.8) is 0 Å². The molecule has 2 aromatic rings. The molecule has 2 rings (SSSR count). The molecule has 86 valence electrons. The van der Waals surface area contributed by atoms with Gasteiger partial charge in [0.25, 0.3) is 0 Å². The lowest BCUT2D eigenvalue weighted by Crippen LogP contribution is -2.12. The van der Waals surface area contributed by atoms with Crippen molar-refractivity contribution in [2.75, 3.05) is 13.1 Å². The first-order valence-corrected chi connectivity index (χ1v) is 5.88. The SMILES string of the molecule is C=CCNCC=Cc1cccc2ccccc12. The summed E-state index contributed by atoms with van der Waals surface area (Å²) in [7, 11) is 0. The molecule has 0 aliphatic rings. The second-order valence-corrected chi connectivity index (χ2v) is 3.92. The number of hydrogen-bond donors (Lipinski definition) is 1. The lowest BCUT2D eigenvalue weighted by Gasteiger charge is -2.01. The lowest BCUT2D eigenvalue weighted by atomic mass is 10.0. The van der Waals surface area contributed by atoms with Crippen LogP contribution in [0, 0.1) is 0 Å². The van der Waals surface area contributed by atoms with Crippen molar-refractivity contribution in [2.24, 2.45) is 0 Å². The Bertz CT molecular complexity index is 521. The highest BCUT2D eigenvalue weighted by Gasteiger charge is 1.95. The van der Waals surface area contributed by atoms with Gasteiger partial charge in [0.1, 0.15) is 0 Å². The summed E-state index contributed by atoms with van der Waals surface area (Å²) in [6, 6.07) is 14.8. The molecular formula is C16H17N. The smallest absolute Gasteiger partial charge is 0.0141 e. The third kappa shape index (κ3) is 3.05. The summed E-state index contributed by atoms with van der Waals surface area (Å²) in [5.74, 6) is 0. The molecule has 17 heavy (non-hydrogen) atoms. The van der Waals surface area contributed by atoms with Crippen LogP contribution in [0.25, 0.3) is 16.8 Å². The molecule has 0 fully saturated rings. The molecule has 0 saturated carbocycles. The molecule has 0 atom stereocenters. The first kappa shape index (κ1) is 11.6. The van der Waals surface area contributed by atoms with Gasteiger partial charge < -0.3 is 5.32 Å². The van der Waals surface area contributed by atoms with Gasteiger partial charge in [0.05, 0.1) is 0 Å². The lowest BCUT2D eigenvalue weighted by molar-refractivity contribution is 0.846. The van der Waals surface area contributed by atoms with Crippen molar-refractivity contribution in [3.05, 3.63) is 66.8 Å². The quantitative estimate of drug-likeness (QED) is 0.603. The Morgan fingerprint density at radius 2 is 1.82 bits per heavy atom. The highest BCUT2D eigenvalue weighted by Crippen LogP contribution is 2.19. The van der Waals surface area contributed by atoms with Crippen molar-refractivity contribution in [2.45, 2.75) is 0 Å². The first-order valence-electron chi connectivity index (χ1n) is 5.88. The predicted octanol–water partition coefficient (Wildman–Crippen LogP) is 3.63. The summed E-state index contributed by atoms with van der Waals surface area (Å²) >= 11 is 0. The number of rotatable bonds is 5. The summed E-state index contributed by atoms with van der Waals surface area (Å²) in [6.07, 6.45) is 6.18. The topological polar surface area (TPSA) is 12.0 Å². The number of hydrogen-bond acceptors (Lipinski definition) is 1. The molecule has 0 bridgehead atoms. The number of fused-ring (bicyclic) bond motifs is 1. The van der Waals surface area contributed by atoms with Crippen LogP contribution < -0.4 is 5.32 Å². The first-order chi connectivity index (χ1) is 8.42. The van der Waals surface area contributed by atoms with Crippen LogP contribution in [0.1, 0.15) is 5.56 Å². The maximum absolute atomic E-state index is 3.67. The van der Waals surface area contributed by atoms with Crippen LogP contribution in [0.5, 0.6) is 0 Å². The normalized spacial score (nSPS) is 11.1. The molecule has 1 heteroatoms. The van der Waals surface area contributed by atoms with Crippen LogP contribution in [0.4, 0.5) is 0 Å². The monoisotopic (exact) mass is 223 g/mol. The van der Waals surface area contributed by atoms with E-state index in [1.807, 2.05) is 6.08 Å². The van der Waals surface area contributed by atoms with E-state index in [4.69, 9.17) is 0 Å².